The lowest BCUT2D eigenvalue weighted by Crippen LogP contribution is -2.35. The molecule has 0 fully saturated rings. The van der Waals surface area contributed by atoms with E-state index in [1.165, 1.54) is 19.3 Å². The van der Waals surface area contributed by atoms with Gasteiger partial charge in [0.05, 0.1) is 6.61 Å². The average molecular weight is 183 g/mol. The fraction of sp³-hybridized carbons (Fsp3) is 0.818. The molecule has 0 aromatic rings. The number of hydrogen-bond donors (Lipinski definition) is 2. The Bertz CT molecular complexity index is 152. The third-order valence-electron chi connectivity index (χ3n) is 2.79. The quantitative estimate of drug-likeness (QED) is 0.636. The second-order valence-corrected chi connectivity index (χ2v) is 3.85. The Morgan fingerprint density at radius 2 is 2.38 bits per heavy atom. The van der Waals surface area contributed by atoms with Crippen LogP contribution in [0.15, 0.2) is 12.2 Å². The summed E-state index contributed by atoms with van der Waals surface area (Å²) < 4.78 is 0. The molecular formula is C11H21NO. The summed E-state index contributed by atoms with van der Waals surface area (Å²) in [5, 5.41) is 12.4. The van der Waals surface area contributed by atoms with E-state index in [1.54, 1.807) is 0 Å². The molecule has 1 aliphatic carbocycles. The van der Waals surface area contributed by atoms with Crippen molar-refractivity contribution in [2.75, 3.05) is 13.2 Å². The molecule has 1 rings (SSSR count). The zero-order valence-corrected chi connectivity index (χ0v) is 8.50. The summed E-state index contributed by atoms with van der Waals surface area (Å²) in [5.41, 5.74) is 0. The molecule has 0 heterocycles. The Morgan fingerprint density at radius 3 is 2.92 bits per heavy atom. The summed E-state index contributed by atoms with van der Waals surface area (Å²) in [5.74, 6) is 0.783. The average Bonchev–Trinajstić information content (AvgIpc) is 2.21. The standard InChI is InChI=1S/C11H21NO/c1-2-11(9-13)12-8-10-6-4-3-5-7-10/h3-4,10-13H,2,5-9H2,1H3/t10-,11+/m0/s1. The Morgan fingerprint density at radius 1 is 1.54 bits per heavy atom. The molecule has 76 valence electrons. The molecule has 0 spiro atoms. The van der Waals surface area contributed by atoms with Gasteiger partial charge < -0.3 is 10.4 Å². The number of allylic oxidation sites excluding steroid dienone is 2. The van der Waals surface area contributed by atoms with Crippen LogP contribution < -0.4 is 5.32 Å². The fourth-order valence-electron chi connectivity index (χ4n) is 1.71. The molecule has 2 nitrogen and oxygen atoms in total. The number of aliphatic hydroxyl groups excluding tert-OH is 1. The van der Waals surface area contributed by atoms with Crippen LogP contribution in [0.25, 0.3) is 0 Å². The molecule has 2 N–H and O–H groups in total. The molecule has 0 amide bonds. The molecular weight excluding hydrogens is 162 g/mol. The normalized spacial score (nSPS) is 24.6. The number of nitrogens with one attached hydrogen (secondary N) is 1. The summed E-state index contributed by atoms with van der Waals surface area (Å²) >= 11 is 0. The van der Waals surface area contributed by atoms with Gasteiger partial charge in [0.2, 0.25) is 0 Å². The topological polar surface area (TPSA) is 32.3 Å². The van der Waals surface area contributed by atoms with Gasteiger partial charge in [0.1, 0.15) is 0 Å². The van der Waals surface area contributed by atoms with E-state index in [-0.39, 0.29) is 6.61 Å². The largest absolute Gasteiger partial charge is 0.395 e. The van der Waals surface area contributed by atoms with Crippen LogP contribution in [0.2, 0.25) is 0 Å². The van der Waals surface area contributed by atoms with Gasteiger partial charge in [0.15, 0.2) is 0 Å². The van der Waals surface area contributed by atoms with Crippen molar-refractivity contribution < 1.29 is 5.11 Å². The van der Waals surface area contributed by atoms with Crippen LogP contribution >= 0.6 is 0 Å². The van der Waals surface area contributed by atoms with E-state index < -0.39 is 0 Å². The van der Waals surface area contributed by atoms with Crippen LogP contribution in [-0.2, 0) is 0 Å². The minimum atomic E-state index is 0.263. The highest BCUT2D eigenvalue weighted by atomic mass is 16.3. The highest BCUT2D eigenvalue weighted by Crippen LogP contribution is 2.17. The maximum Gasteiger partial charge on any atom is 0.0584 e. The first kappa shape index (κ1) is 10.7. The summed E-state index contributed by atoms with van der Waals surface area (Å²) in [6.45, 7) is 3.43. The van der Waals surface area contributed by atoms with Gasteiger partial charge in [-0.25, -0.2) is 0 Å². The Hall–Kier alpha value is -0.340. The Labute approximate surface area is 81.0 Å². The maximum absolute atomic E-state index is 8.98. The van der Waals surface area contributed by atoms with E-state index in [9.17, 15) is 0 Å². The lowest BCUT2D eigenvalue weighted by molar-refractivity contribution is 0.232. The van der Waals surface area contributed by atoms with Gasteiger partial charge in [0, 0.05) is 6.04 Å². The number of aliphatic hydroxyl groups is 1. The molecule has 2 atom stereocenters. The van der Waals surface area contributed by atoms with Gasteiger partial charge in [-0.2, -0.15) is 0 Å². The molecule has 0 unspecified atom stereocenters. The van der Waals surface area contributed by atoms with Gasteiger partial charge in [-0.05, 0) is 38.1 Å². The SMILES string of the molecule is CC[C@H](CO)NC[C@H]1CC=CCC1. The minimum Gasteiger partial charge on any atom is -0.395 e. The van der Waals surface area contributed by atoms with E-state index in [2.05, 4.69) is 24.4 Å². The smallest absolute Gasteiger partial charge is 0.0584 e. The molecule has 0 aliphatic heterocycles. The number of rotatable bonds is 5. The van der Waals surface area contributed by atoms with Crippen LogP contribution in [0.1, 0.15) is 32.6 Å². The van der Waals surface area contributed by atoms with Gasteiger partial charge in [-0.15, -0.1) is 0 Å². The lowest BCUT2D eigenvalue weighted by atomic mass is 9.94. The second kappa shape index (κ2) is 6.17. The van der Waals surface area contributed by atoms with E-state index in [1.807, 2.05) is 0 Å². The molecule has 0 bridgehead atoms. The van der Waals surface area contributed by atoms with Crippen LogP contribution in [0, 0.1) is 5.92 Å². The van der Waals surface area contributed by atoms with Crippen molar-refractivity contribution in [3.05, 3.63) is 12.2 Å². The van der Waals surface area contributed by atoms with Crippen molar-refractivity contribution in [2.45, 2.75) is 38.6 Å². The summed E-state index contributed by atoms with van der Waals surface area (Å²) in [7, 11) is 0. The summed E-state index contributed by atoms with van der Waals surface area (Å²) in [6, 6.07) is 0.297. The first-order valence-corrected chi connectivity index (χ1v) is 5.36. The van der Waals surface area contributed by atoms with E-state index in [0.29, 0.717) is 6.04 Å². The van der Waals surface area contributed by atoms with Crippen LogP contribution in [0.4, 0.5) is 0 Å². The lowest BCUT2D eigenvalue weighted by Gasteiger charge is -2.21. The van der Waals surface area contributed by atoms with Crippen LogP contribution in [0.3, 0.4) is 0 Å². The third-order valence-corrected chi connectivity index (χ3v) is 2.79. The molecule has 1 aliphatic rings. The van der Waals surface area contributed by atoms with E-state index >= 15 is 0 Å². The summed E-state index contributed by atoms with van der Waals surface area (Å²) in [6.07, 6.45) is 9.27. The van der Waals surface area contributed by atoms with Gasteiger partial charge in [0.25, 0.3) is 0 Å². The molecule has 2 heteroatoms. The van der Waals surface area contributed by atoms with Gasteiger partial charge in [-0.3, -0.25) is 0 Å². The molecule has 13 heavy (non-hydrogen) atoms. The zero-order valence-electron chi connectivity index (χ0n) is 8.50. The fourth-order valence-corrected chi connectivity index (χ4v) is 1.71. The zero-order chi connectivity index (χ0) is 9.52. The van der Waals surface area contributed by atoms with E-state index in [4.69, 9.17) is 5.11 Å². The molecule has 0 radical (unpaired) electrons. The highest BCUT2D eigenvalue weighted by Gasteiger charge is 2.11. The minimum absolute atomic E-state index is 0.263. The predicted octanol–water partition coefficient (Wildman–Crippen LogP) is 1.70. The molecule has 0 aromatic heterocycles. The van der Waals surface area contributed by atoms with Gasteiger partial charge >= 0.3 is 0 Å². The third kappa shape index (κ3) is 3.92. The van der Waals surface area contributed by atoms with Crippen molar-refractivity contribution in [3.8, 4) is 0 Å². The van der Waals surface area contributed by atoms with Crippen molar-refractivity contribution >= 4 is 0 Å². The maximum atomic E-state index is 8.98. The second-order valence-electron chi connectivity index (χ2n) is 3.85. The predicted molar refractivity (Wildman–Crippen MR) is 55.6 cm³/mol. The van der Waals surface area contributed by atoms with Crippen LogP contribution in [-0.4, -0.2) is 24.3 Å². The first-order valence-electron chi connectivity index (χ1n) is 5.36. The highest BCUT2D eigenvalue weighted by molar-refractivity contribution is 4.90. The van der Waals surface area contributed by atoms with Crippen molar-refractivity contribution in [2.24, 2.45) is 5.92 Å². The van der Waals surface area contributed by atoms with Gasteiger partial charge in [-0.1, -0.05) is 19.1 Å². The first-order chi connectivity index (χ1) is 6.36. The Kier molecular flexibility index (Phi) is 5.09. The summed E-state index contributed by atoms with van der Waals surface area (Å²) in [4.78, 5) is 0. The monoisotopic (exact) mass is 183 g/mol. The van der Waals surface area contributed by atoms with Crippen molar-refractivity contribution in [3.63, 3.8) is 0 Å². The van der Waals surface area contributed by atoms with E-state index in [0.717, 1.165) is 18.9 Å². The van der Waals surface area contributed by atoms with Crippen LogP contribution in [0.5, 0.6) is 0 Å². The molecule has 0 saturated carbocycles. The van der Waals surface area contributed by atoms with Crippen molar-refractivity contribution in [1.82, 2.24) is 5.32 Å². The number of hydrogen-bond acceptors (Lipinski definition) is 2. The van der Waals surface area contributed by atoms with Crippen molar-refractivity contribution in [1.29, 1.82) is 0 Å². The molecule has 0 aromatic carbocycles. The Balaban J connectivity index is 2.13. The molecule has 0 saturated heterocycles.